The monoisotopic (exact) mass is 278 g/mol. The van der Waals surface area contributed by atoms with Crippen LogP contribution in [0.1, 0.15) is 27.7 Å². The molecular weight excluding hydrogens is 260 g/mol. The summed E-state index contributed by atoms with van der Waals surface area (Å²) in [4.78, 5) is 16.3. The van der Waals surface area contributed by atoms with Crippen LogP contribution in [0.4, 0.5) is 5.69 Å². The van der Waals surface area contributed by atoms with Crippen molar-refractivity contribution in [2.24, 2.45) is 17.3 Å². The summed E-state index contributed by atoms with van der Waals surface area (Å²) in [5.41, 5.74) is 1.83. The van der Waals surface area contributed by atoms with Gasteiger partial charge in [0.25, 0.3) is 0 Å². The van der Waals surface area contributed by atoms with Crippen LogP contribution in [0.15, 0.2) is 30.0 Å². The number of carbonyl (C=O) groups excluding carboxylic acids is 1. The van der Waals surface area contributed by atoms with Gasteiger partial charge in [-0.1, -0.05) is 37.1 Å². The maximum Gasteiger partial charge on any atom is 0.228 e. The Balaban J connectivity index is 2.10. The van der Waals surface area contributed by atoms with E-state index in [0.29, 0.717) is 16.8 Å². The van der Waals surface area contributed by atoms with Crippen molar-refractivity contribution in [1.82, 2.24) is 4.98 Å². The topological polar surface area (TPSA) is 42.0 Å². The molecule has 4 heteroatoms. The fraction of sp³-hybridized carbons (Fsp3) is 0.467. The number of nitrogens with zero attached hydrogens (tertiary/aromatic N) is 1. The second-order valence-corrected chi connectivity index (χ2v) is 6.26. The number of halogens is 1. The number of anilines is 1. The molecule has 1 saturated carbocycles. The lowest BCUT2D eigenvalue weighted by atomic mass is 10.1. The van der Waals surface area contributed by atoms with E-state index in [2.05, 4.69) is 44.1 Å². The highest BCUT2D eigenvalue weighted by molar-refractivity contribution is 6.32. The summed E-state index contributed by atoms with van der Waals surface area (Å²) < 4.78 is 0. The van der Waals surface area contributed by atoms with E-state index < -0.39 is 0 Å². The molecule has 2 unspecified atom stereocenters. The highest BCUT2D eigenvalue weighted by atomic mass is 35.5. The van der Waals surface area contributed by atoms with Crippen LogP contribution in [0.3, 0.4) is 0 Å². The summed E-state index contributed by atoms with van der Waals surface area (Å²) in [7, 11) is 0. The van der Waals surface area contributed by atoms with Crippen LogP contribution >= 0.6 is 11.6 Å². The molecule has 19 heavy (non-hydrogen) atoms. The third kappa shape index (κ3) is 2.81. The highest BCUT2D eigenvalue weighted by Gasteiger charge is 2.60. The summed E-state index contributed by atoms with van der Waals surface area (Å²) in [5, 5.41) is 3.20. The molecule has 0 bridgehead atoms. The van der Waals surface area contributed by atoms with E-state index >= 15 is 0 Å². The second-order valence-electron chi connectivity index (χ2n) is 5.90. The van der Waals surface area contributed by atoms with Crippen LogP contribution in [0, 0.1) is 17.3 Å². The third-order valence-corrected chi connectivity index (χ3v) is 4.02. The van der Waals surface area contributed by atoms with E-state index in [9.17, 15) is 4.79 Å². The first-order valence-corrected chi connectivity index (χ1v) is 6.78. The molecule has 1 aliphatic rings. The Bertz CT molecular complexity index is 533. The summed E-state index contributed by atoms with van der Waals surface area (Å²) in [6.45, 7) is 8.35. The number of rotatable bonds is 3. The van der Waals surface area contributed by atoms with E-state index in [0.717, 1.165) is 0 Å². The molecule has 1 aromatic heterocycles. The van der Waals surface area contributed by atoms with Gasteiger partial charge in [-0.05, 0) is 37.3 Å². The van der Waals surface area contributed by atoms with Crippen molar-refractivity contribution in [2.45, 2.75) is 27.7 Å². The van der Waals surface area contributed by atoms with Crippen LogP contribution in [0.2, 0.25) is 5.15 Å². The number of hydrogen-bond acceptors (Lipinski definition) is 2. The molecule has 0 saturated heterocycles. The molecule has 1 heterocycles. The number of pyridine rings is 1. The molecular formula is C15H19ClN2O. The van der Waals surface area contributed by atoms with Crippen molar-refractivity contribution < 1.29 is 4.79 Å². The van der Waals surface area contributed by atoms with Crippen molar-refractivity contribution in [2.75, 3.05) is 5.32 Å². The molecule has 2 atom stereocenters. The van der Waals surface area contributed by atoms with E-state index in [1.54, 1.807) is 18.3 Å². The lowest BCUT2D eigenvalue weighted by Gasteiger charge is -2.06. The fourth-order valence-corrected chi connectivity index (χ4v) is 2.70. The van der Waals surface area contributed by atoms with Gasteiger partial charge in [0.2, 0.25) is 5.91 Å². The Morgan fingerprint density at radius 2 is 2.16 bits per heavy atom. The van der Waals surface area contributed by atoms with Gasteiger partial charge in [0.05, 0.1) is 11.6 Å². The number of nitrogens with one attached hydrogen (secondary N) is 1. The zero-order valence-electron chi connectivity index (χ0n) is 11.7. The van der Waals surface area contributed by atoms with Crippen LogP contribution in [0.5, 0.6) is 0 Å². The van der Waals surface area contributed by atoms with Gasteiger partial charge in [0.15, 0.2) is 5.15 Å². The Labute approximate surface area is 119 Å². The highest BCUT2D eigenvalue weighted by Crippen LogP contribution is 2.59. The van der Waals surface area contributed by atoms with Crippen molar-refractivity contribution >= 4 is 23.2 Å². The molecule has 102 valence electrons. The summed E-state index contributed by atoms with van der Waals surface area (Å²) >= 11 is 5.95. The molecule has 0 aromatic carbocycles. The van der Waals surface area contributed by atoms with Gasteiger partial charge in [-0.3, -0.25) is 4.79 Å². The summed E-state index contributed by atoms with van der Waals surface area (Å²) in [6, 6.07) is 3.52. The molecule has 2 rings (SSSR count). The maximum atomic E-state index is 12.3. The van der Waals surface area contributed by atoms with Crippen molar-refractivity contribution in [3.05, 3.63) is 35.1 Å². The molecule has 0 aliphatic heterocycles. The quantitative estimate of drug-likeness (QED) is 0.673. The van der Waals surface area contributed by atoms with Crippen LogP contribution in [-0.2, 0) is 4.79 Å². The number of amides is 1. The average Bonchev–Trinajstić information content (AvgIpc) is 2.82. The van der Waals surface area contributed by atoms with Crippen LogP contribution in [-0.4, -0.2) is 10.9 Å². The molecule has 0 radical (unpaired) electrons. The lowest BCUT2D eigenvalue weighted by Crippen LogP contribution is -2.17. The number of aromatic nitrogens is 1. The van der Waals surface area contributed by atoms with E-state index in [4.69, 9.17) is 11.6 Å². The van der Waals surface area contributed by atoms with Crippen molar-refractivity contribution in [1.29, 1.82) is 0 Å². The Hall–Kier alpha value is -1.35. The first-order valence-electron chi connectivity index (χ1n) is 6.40. The summed E-state index contributed by atoms with van der Waals surface area (Å²) in [5.74, 6) is 0.314. The molecule has 1 aromatic rings. The van der Waals surface area contributed by atoms with E-state index in [1.807, 2.05) is 0 Å². The van der Waals surface area contributed by atoms with Gasteiger partial charge < -0.3 is 5.32 Å². The first kappa shape index (κ1) is 14.1. The number of carbonyl (C=O) groups is 1. The standard InChI is InChI=1S/C15H19ClN2O/c1-9(2)8-10-12(15(10,3)4)14(19)18-11-6-5-7-17-13(11)16/h5-8,10,12H,1-4H3,(H,18,19). The predicted molar refractivity (Wildman–Crippen MR) is 78.1 cm³/mol. The number of allylic oxidation sites excluding steroid dienone is 2. The third-order valence-electron chi connectivity index (χ3n) is 3.72. The Morgan fingerprint density at radius 1 is 1.47 bits per heavy atom. The SMILES string of the molecule is CC(C)=CC1C(C(=O)Nc2cccnc2Cl)C1(C)C. The minimum absolute atomic E-state index is 0.00123. The predicted octanol–water partition coefficient (Wildman–Crippen LogP) is 3.91. The first-order chi connectivity index (χ1) is 8.84. The van der Waals surface area contributed by atoms with Gasteiger partial charge >= 0.3 is 0 Å². The van der Waals surface area contributed by atoms with Gasteiger partial charge in [-0.25, -0.2) is 4.98 Å². The van der Waals surface area contributed by atoms with Crippen LogP contribution in [0.25, 0.3) is 0 Å². The number of hydrogen-bond donors (Lipinski definition) is 1. The van der Waals surface area contributed by atoms with Gasteiger partial charge in [-0.15, -0.1) is 0 Å². The molecule has 1 aliphatic carbocycles. The zero-order chi connectivity index (χ0) is 14.2. The lowest BCUT2D eigenvalue weighted by molar-refractivity contribution is -0.118. The van der Waals surface area contributed by atoms with Crippen molar-refractivity contribution in [3.63, 3.8) is 0 Å². The summed E-state index contributed by atoms with van der Waals surface area (Å²) in [6.07, 6.45) is 3.78. The molecule has 0 spiro atoms. The molecule has 1 amide bonds. The normalized spacial score (nSPS) is 23.6. The zero-order valence-corrected chi connectivity index (χ0v) is 12.5. The van der Waals surface area contributed by atoms with E-state index in [1.165, 1.54) is 5.57 Å². The Morgan fingerprint density at radius 3 is 2.74 bits per heavy atom. The maximum absolute atomic E-state index is 12.3. The van der Waals surface area contributed by atoms with Gasteiger partial charge in [0, 0.05) is 6.20 Å². The minimum Gasteiger partial charge on any atom is -0.323 e. The van der Waals surface area contributed by atoms with Crippen LogP contribution < -0.4 is 5.32 Å². The van der Waals surface area contributed by atoms with Crippen molar-refractivity contribution in [3.8, 4) is 0 Å². The average molecular weight is 279 g/mol. The molecule has 3 nitrogen and oxygen atoms in total. The molecule has 1 N–H and O–H groups in total. The van der Waals surface area contributed by atoms with E-state index in [-0.39, 0.29) is 17.2 Å². The Kier molecular flexibility index (Phi) is 3.68. The second kappa shape index (κ2) is 4.97. The largest absolute Gasteiger partial charge is 0.323 e. The molecule has 1 fully saturated rings. The fourth-order valence-electron chi connectivity index (χ4n) is 2.54. The minimum atomic E-state index is -0.00123. The smallest absolute Gasteiger partial charge is 0.228 e. The van der Waals surface area contributed by atoms with Gasteiger partial charge in [0.1, 0.15) is 0 Å². The van der Waals surface area contributed by atoms with Gasteiger partial charge in [-0.2, -0.15) is 0 Å².